The third-order valence-corrected chi connectivity index (χ3v) is 5.36. The van der Waals surface area contributed by atoms with Crippen molar-refractivity contribution in [3.8, 4) is 10.4 Å². The van der Waals surface area contributed by atoms with E-state index in [0.29, 0.717) is 0 Å². The van der Waals surface area contributed by atoms with Crippen molar-refractivity contribution in [1.29, 1.82) is 0 Å². The summed E-state index contributed by atoms with van der Waals surface area (Å²) >= 11 is 1.66. The number of Topliss-reactive ketones (excluding diaryl/α,β-unsaturated/α-hetero) is 1. The number of benzene rings is 1. The van der Waals surface area contributed by atoms with Crippen LogP contribution in [0.5, 0.6) is 0 Å². The van der Waals surface area contributed by atoms with Gasteiger partial charge in [-0.15, -0.1) is 11.3 Å². The Morgan fingerprint density at radius 3 is 2.75 bits per heavy atom. The van der Waals surface area contributed by atoms with E-state index >= 15 is 0 Å². The van der Waals surface area contributed by atoms with Gasteiger partial charge in [0.25, 0.3) is 0 Å². The first kappa shape index (κ1) is 13.6. The Hall–Kier alpha value is -1.41. The summed E-state index contributed by atoms with van der Waals surface area (Å²) in [6, 6.07) is 8.99. The molecule has 0 saturated heterocycles. The summed E-state index contributed by atoms with van der Waals surface area (Å²) in [5, 5.41) is 0. The van der Waals surface area contributed by atoms with Crippen molar-refractivity contribution in [3.05, 3.63) is 45.8 Å². The molecular formula is C18H20OS. The topological polar surface area (TPSA) is 17.1 Å². The Balaban J connectivity index is 1.97. The van der Waals surface area contributed by atoms with Crippen molar-refractivity contribution in [3.63, 3.8) is 0 Å². The van der Waals surface area contributed by atoms with Gasteiger partial charge in [-0.3, -0.25) is 4.79 Å². The van der Waals surface area contributed by atoms with Crippen LogP contribution in [0.2, 0.25) is 0 Å². The van der Waals surface area contributed by atoms with Crippen molar-refractivity contribution in [1.82, 2.24) is 0 Å². The summed E-state index contributed by atoms with van der Waals surface area (Å²) in [5.41, 5.74) is 5.62. The lowest BCUT2D eigenvalue weighted by molar-refractivity contribution is 0.102. The highest BCUT2D eigenvalue weighted by atomic mass is 32.1. The zero-order chi connectivity index (χ0) is 14.1. The van der Waals surface area contributed by atoms with E-state index in [1.165, 1.54) is 46.4 Å². The third kappa shape index (κ3) is 2.45. The molecule has 104 valence electrons. The molecule has 0 N–H and O–H groups in total. The van der Waals surface area contributed by atoms with Crippen LogP contribution in [0.3, 0.4) is 0 Å². The van der Waals surface area contributed by atoms with E-state index < -0.39 is 0 Å². The van der Waals surface area contributed by atoms with Crippen LogP contribution in [-0.2, 0) is 19.3 Å². The molecule has 0 spiro atoms. The second-order valence-corrected chi connectivity index (χ2v) is 6.67. The van der Waals surface area contributed by atoms with Crippen LogP contribution < -0.4 is 0 Å². The summed E-state index contributed by atoms with van der Waals surface area (Å²) in [7, 11) is 0. The van der Waals surface area contributed by atoms with Crippen LogP contribution >= 0.6 is 11.3 Å². The van der Waals surface area contributed by atoms with Crippen molar-refractivity contribution in [2.75, 3.05) is 0 Å². The highest BCUT2D eigenvalue weighted by molar-refractivity contribution is 7.17. The molecule has 0 radical (unpaired) electrons. The summed E-state index contributed by atoms with van der Waals surface area (Å²) in [5.74, 6) is 0.186. The van der Waals surface area contributed by atoms with Crippen molar-refractivity contribution in [2.24, 2.45) is 0 Å². The normalized spacial score (nSPS) is 12.9. The molecule has 2 heteroatoms. The van der Waals surface area contributed by atoms with Gasteiger partial charge in [0.15, 0.2) is 5.78 Å². The molecule has 0 saturated carbocycles. The van der Waals surface area contributed by atoms with Gasteiger partial charge in [-0.05, 0) is 60.9 Å². The Morgan fingerprint density at radius 1 is 1.20 bits per heavy atom. The third-order valence-electron chi connectivity index (χ3n) is 4.05. The number of ketones is 1. The number of unbranched alkanes of at least 4 members (excludes halogenated alkanes) is 1. The smallest absolute Gasteiger partial charge is 0.169 e. The van der Waals surface area contributed by atoms with Gasteiger partial charge >= 0.3 is 0 Å². The van der Waals surface area contributed by atoms with Gasteiger partial charge in [-0.25, -0.2) is 0 Å². The van der Waals surface area contributed by atoms with Crippen LogP contribution in [0.4, 0.5) is 0 Å². The van der Waals surface area contributed by atoms with Gasteiger partial charge in [-0.1, -0.05) is 31.5 Å². The number of hydrogen-bond donors (Lipinski definition) is 0. The molecule has 1 aromatic heterocycles. The Bertz CT molecular complexity index is 651. The molecule has 1 aromatic carbocycles. The van der Waals surface area contributed by atoms with Gasteiger partial charge in [-0.2, -0.15) is 0 Å². The minimum atomic E-state index is 0.186. The molecule has 0 aliphatic heterocycles. The van der Waals surface area contributed by atoms with E-state index in [2.05, 4.69) is 31.2 Å². The molecule has 1 aliphatic rings. The minimum absolute atomic E-state index is 0.186. The van der Waals surface area contributed by atoms with Crippen LogP contribution in [0.25, 0.3) is 10.4 Å². The fourth-order valence-corrected chi connectivity index (χ4v) is 4.06. The lowest BCUT2D eigenvalue weighted by Gasteiger charge is -2.17. The second-order valence-electron chi connectivity index (χ2n) is 5.62. The number of hydrogen-bond acceptors (Lipinski definition) is 2. The predicted molar refractivity (Wildman–Crippen MR) is 85.8 cm³/mol. The Morgan fingerprint density at radius 2 is 2.00 bits per heavy atom. The monoisotopic (exact) mass is 284 g/mol. The van der Waals surface area contributed by atoms with E-state index in [-0.39, 0.29) is 5.78 Å². The number of aryl methyl sites for hydroxylation is 3. The standard InChI is InChI=1S/C18H20OS/c1-3-4-5-13-6-9-16-14(10-13)7-8-15-11-17(12(2)19)20-18(15)16/h6,9-11H,3-5,7-8H2,1-2H3. The molecule has 0 unspecified atom stereocenters. The number of carbonyl (C=O) groups is 1. The maximum absolute atomic E-state index is 11.6. The molecular weight excluding hydrogens is 264 g/mol. The molecule has 0 bridgehead atoms. The Kier molecular flexibility index (Phi) is 3.75. The van der Waals surface area contributed by atoms with E-state index in [4.69, 9.17) is 0 Å². The Labute approximate surface area is 124 Å². The van der Waals surface area contributed by atoms with Crippen LogP contribution in [0.15, 0.2) is 24.3 Å². The first-order valence-corrected chi connectivity index (χ1v) is 8.26. The largest absolute Gasteiger partial charge is 0.294 e. The average molecular weight is 284 g/mol. The average Bonchev–Trinajstić information content (AvgIpc) is 2.89. The second kappa shape index (κ2) is 5.53. The first-order valence-electron chi connectivity index (χ1n) is 7.45. The molecule has 1 aliphatic carbocycles. The zero-order valence-electron chi connectivity index (χ0n) is 12.2. The zero-order valence-corrected chi connectivity index (χ0v) is 13.0. The fourth-order valence-electron chi connectivity index (χ4n) is 2.90. The quantitative estimate of drug-likeness (QED) is 0.717. The first-order chi connectivity index (χ1) is 9.69. The lowest BCUT2D eigenvalue weighted by atomic mass is 9.89. The molecule has 0 amide bonds. The van der Waals surface area contributed by atoms with E-state index in [1.807, 2.05) is 0 Å². The number of thiophene rings is 1. The highest BCUT2D eigenvalue weighted by Crippen LogP contribution is 2.40. The maximum Gasteiger partial charge on any atom is 0.169 e. The van der Waals surface area contributed by atoms with Crippen molar-refractivity contribution >= 4 is 17.1 Å². The van der Waals surface area contributed by atoms with Crippen LogP contribution in [0, 0.1) is 0 Å². The fraction of sp³-hybridized carbons (Fsp3) is 0.389. The number of fused-ring (bicyclic) bond motifs is 3. The predicted octanol–water partition coefficient (Wildman–Crippen LogP) is 5.06. The molecule has 1 nitrogen and oxygen atoms in total. The van der Waals surface area contributed by atoms with E-state index in [0.717, 1.165) is 17.7 Å². The van der Waals surface area contributed by atoms with Gasteiger partial charge in [0.1, 0.15) is 0 Å². The van der Waals surface area contributed by atoms with Crippen LogP contribution in [0.1, 0.15) is 53.1 Å². The maximum atomic E-state index is 11.6. The summed E-state index contributed by atoms with van der Waals surface area (Å²) in [6.07, 6.45) is 5.87. The SMILES string of the molecule is CCCCc1ccc2c(c1)CCc1cc(C(C)=O)sc1-2. The highest BCUT2D eigenvalue weighted by Gasteiger charge is 2.20. The van der Waals surface area contributed by atoms with Gasteiger partial charge in [0, 0.05) is 4.88 Å². The van der Waals surface area contributed by atoms with Crippen molar-refractivity contribution < 1.29 is 4.79 Å². The molecule has 2 aromatic rings. The molecule has 20 heavy (non-hydrogen) atoms. The van der Waals surface area contributed by atoms with Crippen LogP contribution in [-0.4, -0.2) is 5.78 Å². The number of rotatable bonds is 4. The van der Waals surface area contributed by atoms with Gasteiger partial charge < -0.3 is 0 Å². The lowest BCUT2D eigenvalue weighted by Crippen LogP contribution is -2.02. The molecule has 3 rings (SSSR count). The van der Waals surface area contributed by atoms with E-state index in [9.17, 15) is 4.79 Å². The molecule has 0 fully saturated rings. The van der Waals surface area contributed by atoms with Gasteiger partial charge in [0.2, 0.25) is 0 Å². The van der Waals surface area contributed by atoms with Gasteiger partial charge in [0.05, 0.1) is 4.88 Å². The summed E-state index contributed by atoms with van der Waals surface area (Å²) in [6.45, 7) is 3.89. The molecule has 1 heterocycles. The minimum Gasteiger partial charge on any atom is -0.294 e. The van der Waals surface area contributed by atoms with E-state index in [1.54, 1.807) is 18.3 Å². The molecule has 0 atom stereocenters. The summed E-state index contributed by atoms with van der Waals surface area (Å²) < 4.78 is 0. The summed E-state index contributed by atoms with van der Waals surface area (Å²) in [4.78, 5) is 13.8. The number of carbonyl (C=O) groups excluding carboxylic acids is 1. The van der Waals surface area contributed by atoms with Crippen molar-refractivity contribution in [2.45, 2.75) is 46.0 Å².